The van der Waals surface area contributed by atoms with Gasteiger partial charge < -0.3 is 0 Å². The second-order valence-corrected chi connectivity index (χ2v) is 41.9. The van der Waals surface area contributed by atoms with E-state index in [1.165, 1.54) is 0 Å². The van der Waals surface area contributed by atoms with Crippen LogP contribution < -0.4 is 21.3 Å². The van der Waals surface area contributed by atoms with Crippen molar-refractivity contribution in [1.29, 1.82) is 0 Å². The molecular weight excluding hydrogens is 642 g/mol. The van der Waals surface area contributed by atoms with E-state index in [1.807, 2.05) is 0 Å². The molecule has 0 aromatic carbocycles. The molecule has 0 saturated carbocycles. The number of hydrogen-bond donors (Lipinski definition) is 0. The zero-order chi connectivity index (χ0) is 20.9. The molecule has 0 saturated heterocycles. The molecule has 3 heterocycles. The minimum absolute atomic E-state index is 1.24. The molecule has 152 valence electrons. The maximum atomic E-state index is 2.51. The van der Waals surface area contributed by atoms with Crippen LogP contribution in [0.25, 0.3) is 0 Å². The minimum atomic E-state index is -2.16. The molecular formula is C21H33BiS3Si3. The molecule has 0 N–H and O–H groups in total. The average molecular weight is 675 g/mol. The van der Waals surface area contributed by atoms with E-state index in [2.05, 4.69) is 129 Å². The molecule has 3 aromatic rings. The van der Waals surface area contributed by atoms with E-state index in [0.29, 0.717) is 0 Å². The van der Waals surface area contributed by atoms with Crippen molar-refractivity contribution in [1.82, 2.24) is 0 Å². The van der Waals surface area contributed by atoms with Crippen LogP contribution in [0.5, 0.6) is 0 Å². The van der Waals surface area contributed by atoms with Crippen LogP contribution in [-0.2, 0) is 0 Å². The molecule has 0 atom stereocenters. The van der Waals surface area contributed by atoms with Crippen molar-refractivity contribution in [2.75, 3.05) is 0 Å². The molecule has 7 heteroatoms. The summed E-state index contributed by atoms with van der Waals surface area (Å²) < 4.78 is 10.2. The molecule has 0 spiro atoms. The molecule has 0 aliphatic carbocycles. The first-order valence-corrected chi connectivity index (χ1v) is 28.0. The Kier molecular flexibility index (Phi) is 6.90. The van der Waals surface area contributed by atoms with E-state index < -0.39 is 46.0 Å². The second kappa shape index (κ2) is 8.29. The Hall–Kier alpha value is 0.634. The molecule has 3 rings (SSSR count). The van der Waals surface area contributed by atoms with E-state index in [-0.39, 0.29) is 0 Å². The number of hydrogen-bond acceptors (Lipinski definition) is 3. The standard InChI is InChI=1S/3C7H11SSi.Bi/c3*1-9(2,3)7-5-4-6-8-7;/h3*4-5H,1-3H3;. The summed E-state index contributed by atoms with van der Waals surface area (Å²) in [6.07, 6.45) is 0. The zero-order valence-electron chi connectivity index (χ0n) is 18.6. The first kappa shape index (κ1) is 23.3. The Bertz CT molecular complexity index is 824. The van der Waals surface area contributed by atoms with Gasteiger partial charge in [-0.25, -0.2) is 0 Å². The fourth-order valence-corrected chi connectivity index (χ4v) is 32.7. The molecule has 0 unspecified atom stereocenters. The number of rotatable bonds is 6. The number of thiophene rings is 3. The molecule has 0 radical (unpaired) electrons. The molecule has 0 fully saturated rings. The van der Waals surface area contributed by atoms with Gasteiger partial charge in [0.05, 0.1) is 0 Å². The van der Waals surface area contributed by atoms with Gasteiger partial charge in [0.2, 0.25) is 0 Å². The van der Waals surface area contributed by atoms with Crippen molar-refractivity contribution in [2.24, 2.45) is 0 Å². The third-order valence-electron chi connectivity index (χ3n) is 4.65. The fraction of sp³-hybridized carbons (Fsp3) is 0.429. The predicted molar refractivity (Wildman–Crippen MR) is 147 cm³/mol. The Morgan fingerprint density at radius 2 is 0.714 bits per heavy atom. The summed E-state index contributed by atoms with van der Waals surface area (Å²) in [7, 11) is -3.71. The predicted octanol–water partition coefficient (Wildman–Crippen LogP) is 4.02. The summed E-state index contributed by atoms with van der Waals surface area (Å²) in [6.45, 7) is 22.3. The second-order valence-electron chi connectivity index (χ2n) is 10.5. The van der Waals surface area contributed by atoms with Crippen LogP contribution in [0.1, 0.15) is 0 Å². The fourth-order valence-electron chi connectivity index (χ4n) is 2.88. The first-order valence-electron chi connectivity index (χ1n) is 9.88. The van der Waals surface area contributed by atoms with Crippen molar-refractivity contribution in [2.45, 2.75) is 58.9 Å². The van der Waals surface area contributed by atoms with Crippen LogP contribution in [0.15, 0.2) is 36.4 Å². The van der Waals surface area contributed by atoms with Crippen LogP contribution in [0, 0.1) is 0 Å². The zero-order valence-corrected chi connectivity index (χ0v) is 27.6. The van der Waals surface area contributed by atoms with Crippen LogP contribution in [-0.4, -0.2) is 46.0 Å². The van der Waals surface area contributed by atoms with E-state index in [4.69, 9.17) is 0 Å². The van der Waals surface area contributed by atoms with Gasteiger partial charge in [-0.3, -0.25) is 0 Å². The van der Waals surface area contributed by atoms with Gasteiger partial charge in [-0.15, -0.1) is 0 Å². The van der Waals surface area contributed by atoms with Crippen LogP contribution in [0.3, 0.4) is 0 Å². The summed E-state index contributed by atoms with van der Waals surface area (Å²) in [4.78, 5) is 0. The summed E-state index contributed by atoms with van der Waals surface area (Å²) in [5.74, 6) is 0. The quantitative estimate of drug-likeness (QED) is 0.347. The Balaban J connectivity index is 2.10. The van der Waals surface area contributed by atoms with Gasteiger partial charge in [-0.05, 0) is 0 Å². The van der Waals surface area contributed by atoms with Gasteiger partial charge in [-0.2, -0.15) is 0 Å². The molecule has 0 aliphatic rings. The normalized spacial score (nSPS) is 13.5. The van der Waals surface area contributed by atoms with Crippen LogP contribution >= 0.6 is 34.0 Å². The SMILES string of the molecule is C[Si](C)(C)c1cc[c]([Bi]([c]2ccc([Si](C)(C)C)s2)[c]2ccc([Si](C)(C)C)s2)s1. The summed E-state index contributed by atoms with van der Waals surface area (Å²) in [5.41, 5.74) is 0. The topological polar surface area (TPSA) is 0 Å². The molecule has 0 amide bonds. The van der Waals surface area contributed by atoms with Gasteiger partial charge in [0.15, 0.2) is 0 Å². The first-order chi connectivity index (χ1) is 12.8. The summed E-state index contributed by atoms with van der Waals surface area (Å²) in [5, 5.41) is 0. The van der Waals surface area contributed by atoms with Crippen molar-refractivity contribution < 1.29 is 0 Å². The van der Waals surface area contributed by atoms with Gasteiger partial charge in [0.25, 0.3) is 0 Å². The summed E-state index contributed by atoms with van der Waals surface area (Å²) in [6, 6.07) is 14.9. The van der Waals surface area contributed by atoms with E-state index in [9.17, 15) is 0 Å². The van der Waals surface area contributed by atoms with Crippen molar-refractivity contribution in [3.8, 4) is 0 Å². The van der Waals surface area contributed by atoms with Gasteiger partial charge >= 0.3 is 197 Å². The van der Waals surface area contributed by atoms with E-state index in [1.54, 1.807) is 21.3 Å². The van der Waals surface area contributed by atoms with Crippen molar-refractivity contribution in [3.05, 3.63) is 36.4 Å². The third-order valence-corrected chi connectivity index (χ3v) is 33.0. The summed E-state index contributed by atoms with van der Waals surface area (Å²) >= 11 is 4.32. The molecule has 0 nitrogen and oxygen atoms in total. The van der Waals surface area contributed by atoms with Crippen LogP contribution in [0.4, 0.5) is 0 Å². The van der Waals surface area contributed by atoms with Gasteiger partial charge in [0.1, 0.15) is 0 Å². The Morgan fingerprint density at radius 3 is 0.893 bits per heavy atom. The average Bonchev–Trinajstić information content (AvgIpc) is 3.26. The van der Waals surface area contributed by atoms with Crippen molar-refractivity contribution >= 4 is 101 Å². The Morgan fingerprint density at radius 1 is 0.464 bits per heavy atom. The Labute approximate surface area is 194 Å². The molecule has 0 aliphatic heterocycles. The van der Waals surface area contributed by atoms with E-state index >= 15 is 0 Å². The van der Waals surface area contributed by atoms with Gasteiger partial charge in [0, 0.05) is 0 Å². The maximum absolute atomic E-state index is 2.51. The van der Waals surface area contributed by atoms with Crippen LogP contribution in [0.2, 0.25) is 58.9 Å². The molecule has 28 heavy (non-hydrogen) atoms. The monoisotopic (exact) mass is 674 g/mol. The molecule has 0 bridgehead atoms. The van der Waals surface area contributed by atoms with Gasteiger partial charge in [-0.1, -0.05) is 0 Å². The van der Waals surface area contributed by atoms with Crippen molar-refractivity contribution in [3.63, 3.8) is 0 Å². The van der Waals surface area contributed by atoms with E-state index in [0.717, 1.165) is 0 Å². The molecule has 3 aromatic heterocycles. The third kappa shape index (κ3) is 5.27.